The van der Waals surface area contributed by atoms with Gasteiger partial charge in [0.1, 0.15) is 0 Å². The Balaban J connectivity index is 1.75. The second-order valence-electron chi connectivity index (χ2n) is 5.46. The molecule has 2 heterocycles. The van der Waals surface area contributed by atoms with E-state index in [4.69, 9.17) is 5.73 Å². The first kappa shape index (κ1) is 12.6. The number of nitrogens with zero attached hydrogens (tertiary/aromatic N) is 2. The Kier molecular flexibility index (Phi) is 3.76. The van der Waals surface area contributed by atoms with Crippen LogP contribution in [0, 0.1) is 5.92 Å². The zero-order valence-corrected chi connectivity index (χ0v) is 11.3. The van der Waals surface area contributed by atoms with Crippen molar-refractivity contribution in [2.75, 3.05) is 19.6 Å². The van der Waals surface area contributed by atoms with Crippen molar-refractivity contribution in [3.8, 4) is 0 Å². The van der Waals surface area contributed by atoms with Crippen LogP contribution in [0.25, 0.3) is 10.9 Å². The molecule has 19 heavy (non-hydrogen) atoms. The number of hydrogen-bond acceptors (Lipinski definition) is 3. The maximum atomic E-state index is 5.65. The van der Waals surface area contributed by atoms with Gasteiger partial charge in [-0.25, -0.2) is 0 Å². The number of para-hydroxylation sites is 1. The predicted octanol–water partition coefficient (Wildman–Crippen LogP) is 2.41. The van der Waals surface area contributed by atoms with Crippen molar-refractivity contribution in [1.82, 2.24) is 9.88 Å². The van der Waals surface area contributed by atoms with E-state index in [2.05, 4.69) is 34.1 Å². The molecule has 0 radical (unpaired) electrons. The fraction of sp³-hybridized carbons (Fsp3) is 0.438. The molecule has 1 aliphatic heterocycles. The van der Waals surface area contributed by atoms with Gasteiger partial charge in [-0.2, -0.15) is 0 Å². The van der Waals surface area contributed by atoms with Crippen LogP contribution in [0.1, 0.15) is 18.4 Å². The van der Waals surface area contributed by atoms with Gasteiger partial charge >= 0.3 is 0 Å². The highest BCUT2D eigenvalue weighted by Gasteiger charge is 2.22. The maximum absolute atomic E-state index is 5.65. The zero-order chi connectivity index (χ0) is 13.1. The number of rotatable bonds is 4. The smallest absolute Gasteiger partial charge is 0.0746 e. The lowest BCUT2D eigenvalue weighted by molar-refractivity contribution is 0.315. The van der Waals surface area contributed by atoms with Crippen molar-refractivity contribution in [3.05, 3.63) is 42.1 Å². The van der Waals surface area contributed by atoms with Crippen LogP contribution in [0.4, 0.5) is 0 Å². The third-order valence-corrected chi connectivity index (χ3v) is 4.06. The van der Waals surface area contributed by atoms with Crippen molar-refractivity contribution in [1.29, 1.82) is 0 Å². The Hall–Kier alpha value is -1.45. The maximum Gasteiger partial charge on any atom is 0.0746 e. The average molecular weight is 255 g/mol. The van der Waals surface area contributed by atoms with Crippen LogP contribution in [-0.2, 0) is 6.54 Å². The Morgan fingerprint density at radius 3 is 3.05 bits per heavy atom. The summed E-state index contributed by atoms with van der Waals surface area (Å²) in [4.78, 5) is 7.06. The van der Waals surface area contributed by atoms with E-state index >= 15 is 0 Å². The highest BCUT2D eigenvalue weighted by Crippen LogP contribution is 2.23. The minimum Gasteiger partial charge on any atom is -0.330 e. The van der Waals surface area contributed by atoms with Crippen LogP contribution in [0.3, 0.4) is 0 Å². The van der Waals surface area contributed by atoms with Gasteiger partial charge in [-0.15, -0.1) is 0 Å². The molecule has 1 aromatic heterocycles. The van der Waals surface area contributed by atoms with Crippen LogP contribution >= 0.6 is 0 Å². The zero-order valence-electron chi connectivity index (χ0n) is 11.3. The highest BCUT2D eigenvalue weighted by molar-refractivity contribution is 5.81. The van der Waals surface area contributed by atoms with Crippen LogP contribution in [0.5, 0.6) is 0 Å². The summed E-state index contributed by atoms with van der Waals surface area (Å²) in [6, 6.07) is 10.6. The Morgan fingerprint density at radius 1 is 1.26 bits per heavy atom. The number of nitrogens with two attached hydrogens (primary N) is 1. The molecular weight excluding hydrogens is 234 g/mol. The molecule has 100 valence electrons. The SMILES string of the molecule is NCCC1CCN(Cc2cccc3cccnc23)C1. The Labute approximate surface area is 114 Å². The summed E-state index contributed by atoms with van der Waals surface area (Å²) in [5, 5.41) is 1.23. The van der Waals surface area contributed by atoms with E-state index in [0.717, 1.165) is 30.9 Å². The van der Waals surface area contributed by atoms with Gasteiger partial charge in [0.05, 0.1) is 5.52 Å². The quantitative estimate of drug-likeness (QED) is 0.912. The van der Waals surface area contributed by atoms with Gasteiger partial charge in [0, 0.05) is 24.7 Å². The fourth-order valence-electron chi connectivity index (χ4n) is 3.06. The molecule has 0 bridgehead atoms. The second-order valence-corrected chi connectivity index (χ2v) is 5.46. The van der Waals surface area contributed by atoms with E-state index < -0.39 is 0 Å². The fourth-order valence-corrected chi connectivity index (χ4v) is 3.06. The van der Waals surface area contributed by atoms with Gasteiger partial charge in [-0.1, -0.05) is 24.3 Å². The highest BCUT2D eigenvalue weighted by atomic mass is 15.1. The molecule has 3 nitrogen and oxygen atoms in total. The summed E-state index contributed by atoms with van der Waals surface area (Å²) in [6.45, 7) is 4.19. The van der Waals surface area contributed by atoms with Crippen LogP contribution in [-0.4, -0.2) is 29.5 Å². The van der Waals surface area contributed by atoms with Gasteiger partial charge in [0.15, 0.2) is 0 Å². The molecular formula is C16H21N3. The van der Waals surface area contributed by atoms with Crippen molar-refractivity contribution < 1.29 is 0 Å². The molecule has 0 aliphatic carbocycles. The van der Waals surface area contributed by atoms with E-state index in [0.29, 0.717) is 0 Å². The van der Waals surface area contributed by atoms with Gasteiger partial charge in [0.25, 0.3) is 0 Å². The number of fused-ring (bicyclic) bond motifs is 1. The van der Waals surface area contributed by atoms with Crippen molar-refractivity contribution >= 4 is 10.9 Å². The van der Waals surface area contributed by atoms with Crippen LogP contribution in [0.2, 0.25) is 0 Å². The topological polar surface area (TPSA) is 42.1 Å². The molecule has 2 N–H and O–H groups in total. The third kappa shape index (κ3) is 2.77. The first-order chi connectivity index (χ1) is 9.36. The molecule has 0 spiro atoms. The molecule has 1 aliphatic rings. The first-order valence-electron chi connectivity index (χ1n) is 7.12. The van der Waals surface area contributed by atoms with E-state index in [1.807, 2.05) is 12.3 Å². The van der Waals surface area contributed by atoms with Crippen molar-refractivity contribution in [2.45, 2.75) is 19.4 Å². The van der Waals surface area contributed by atoms with Gasteiger partial charge in [-0.3, -0.25) is 9.88 Å². The summed E-state index contributed by atoms with van der Waals surface area (Å²) < 4.78 is 0. The van der Waals surface area contributed by atoms with Crippen LogP contribution < -0.4 is 5.73 Å². The molecule has 1 aromatic carbocycles. The molecule has 3 heteroatoms. The molecule has 1 fully saturated rings. The first-order valence-corrected chi connectivity index (χ1v) is 7.12. The molecule has 1 saturated heterocycles. The molecule has 0 amide bonds. The number of hydrogen-bond donors (Lipinski definition) is 1. The molecule has 1 atom stereocenters. The van der Waals surface area contributed by atoms with E-state index in [1.165, 1.54) is 30.5 Å². The average Bonchev–Trinajstić information content (AvgIpc) is 2.87. The molecule has 1 unspecified atom stereocenters. The summed E-state index contributed by atoms with van der Waals surface area (Å²) in [7, 11) is 0. The largest absolute Gasteiger partial charge is 0.330 e. The summed E-state index contributed by atoms with van der Waals surface area (Å²) >= 11 is 0. The lowest BCUT2D eigenvalue weighted by Crippen LogP contribution is -2.21. The number of aromatic nitrogens is 1. The summed E-state index contributed by atoms with van der Waals surface area (Å²) in [5.74, 6) is 0.785. The van der Waals surface area contributed by atoms with Crippen molar-refractivity contribution in [2.24, 2.45) is 11.7 Å². The number of benzene rings is 1. The van der Waals surface area contributed by atoms with E-state index in [9.17, 15) is 0 Å². The molecule has 2 aromatic rings. The Morgan fingerprint density at radius 2 is 2.16 bits per heavy atom. The monoisotopic (exact) mass is 255 g/mol. The van der Waals surface area contributed by atoms with Gasteiger partial charge in [-0.05, 0) is 43.5 Å². The van der Waals surface area contributed by atoms with Crippen LogP contribution in [0.15, 0.2) is 36.5 Å². The Bertz CT molecular complexity index is 547. The lowest BCUT2D eigenvalue weighted by Gasteiger charge is -2.17. The van der Waals surface area contributed by atoms with Gasteiger partial charge < -0.3 is 5.73 Å². The minimum atomic E-state index is 0.785. The molecule has 0 saturated carbocycles. The second kappa shape index (κ2) is 5.68. The predicted molar refractivity (Wildman–Crippen MR) is 78.8 cm³/mol. The standard InChI is InChI=1S/C16H21N3/c17-8-6-13-7-10-19(11-13)12-15-4-1-3-14-5-2-9-18-16(14)15/h1-5,9,13H,6-8,10-12,17H2. The minimum absolute atomic E-state index is 0.785. The van der Waals surface area contributed by atoms with E-state index in [1.54, 1.807) is 0 Å². The van der Waals surface area contributed by atoms with Gasteiger partial charge in [0.2, 0.25) is 0 Å². The lowest BCUT2D eigenvalue weighted by atomic mass is 10.1. The summed E-state index contributed by atoms with van der Waals surface area (Å²) in [6.07, 6.45) is 4.33. The normalized spacial score (nSPS) is 20.2. The van der Waals surface area contributed by atoms with E-state index in [-0.39, 0.29) is 0 Å². The number of pyridine rings is 1. The molecule has 3 rings (SSSR count). The third-order valence-electron chi connectivity index (χ3n) is 4.06. The summed E-state index contributed by atoms with van der Waals surface area (Å²) in [5.41, 5.74) is 8.14. The number of likely N-dealkylation sites (tertiary alicyclic amines) is 1. The van der Waals surface area contributed by atoms with Crippen molar-refractivity contribution in [3.63, 3.8) is 0 Å².